The van der Waals surface area contributed by atoms with Crippen molar-refractivity contribution in [3.8, 4) is 5.75 Å². The topological polar surface area (TPSA) is 41.6 Å². The van der Waals surface area contributed by atoms with Gasteiger partial charge in [-0.15, -0.1) is 11.8 Å². The first-order chi connectivity index (χ1) is 11.2. The van der Waals surface area contributed by atoms with Gasteiger partial charge >= 0.3 is 6.03 Å². The molecule has 0 saturated carbocycles. The van der Waals surface area contributed by atoms with E-state index in [2.05, 4.69) is 5.32 Å². The summed E-state index contributed by atoms with van der Waals surface area (Å²) in [5.74, 6) is 1.67. The van der Waals surface area contributed by atoms with Gasteiger partial charge in [0.2, 0.25) is 0 Å². The molecule has 0 unspecified atom stereocenters. The lowest BCUT2D eigenvalue weighted by atomic mass is 10.2. The van der Waals surface area contributed by atoms with E-state index < -0.39 is 0 Å². The van der Waals surface area contributed by atoms with E-state index >= 15 is 0 Å². The van der Waals surface area contributed by atoms with Gasteiger partial charge in [-0.3, -0.25) is 0 Å². The quantitative estimate of drug-likeness (QED) is 0.879. The third-order valence-corrected chi connectivity index (χ3v) is 5.12. The smallest absolute Gasteiger partial charge is 0.323 e. The molecule has 6 heteroatoms. The molecule has 0 aliphatic carbocycles. The van der Waals surface area contributed by atoms with Crippen molar-refractivity contribution in [2.45, 2.75) is 5.37 Å². The molecule has 0 radical (unpaired) electrons. The molecule has 1 heterocycles. The summed E-state index contributed by atoms with van der Waals surface area (Å²) in [5.41, 5.74) is 1.79. The average Bonchev–Trinajstić information content (AvgIpc) is 3.05. The Labute approximate surface area is 144 Å². The zero-order valence-corrected chi connectivity index (χ0v) is 14.2. The van der Waals surface area contributed by atoms with Gasteiger partial charge in [0.25, 0.3) is 0 Å². The predicted molar refractivity (Wildman–Crippen MR) is 95.4 cm³/mol. The van der Waals surface area contributed by atoms with Gasteiger partial charge in [-0.25, -0.2) is 4.79 Å². The van der Waals surface area contributed by atoms with Crippen molar-refractivity contribution in [1.29, 1.82) is 0 Å². The van der Waals surface area contributed by atoms with Crippen molar-refractivity contribution in [3.05, 3.63) is 59.1 Å². The number of methoxy groups -OCH3 is 1. The maximum atomic E-state index is 12.6. The van der Waals surface area contributed by atoms with Gasteiger partial charge in [0.15, 0.2) is 0 Å². The summed E-state index contributed by atoms with van der Waals surface area (Å²) >= 11 is 7.81. The number of thioether (sulfide) groups is 1. The van der Waals surface area contributed by atoms with Crippen LogP contribution in [-0.4, -0.2) is 30.3 Å². The zero-order valence-electron chi connectivity index (χ0n) is 12.7. The number of carbonyl (C=O) groups is 1. The first kappa shape index (κ1) is 16.0. The lowest BCUT2D eigenvalue weighted by Gasteiger charge is -2.24. The second kappa shape index (κ2) is 7.15. The lowest BCUT2D eigenvalue weighted by Crippen LogP contribution is -2.34. The summed E-state index contributed by atoms with van der Waals surface area (Å²) in [6, 6.07) is 14.9. The number of amides is 2. The number of hydrogen-bond donors (Lipinski definition) is 1. The third kappa shape index (κ3) is 3.74. The second-order valence-electron chi connectivity index (χ2n) is 5.13. The van der Waals surface area contributed by atoms with E-state index in [4.69, 9.17) is 16.3 Å². The largest absolute Gasteiger partial charge is 0.497 e. The van der Waals surface area contributed by atoms with Gasteiger partial charge in [0, 0.05) is 23.0 Å². The number of ether oxygens (including phenoxy) is 1. The van der Waals surface area contributed by atoms with Crippen LogP contribution in [0.3, 0.4) is 0 Å². The van der Waals surface area contributed by atoms with Crippen molar-refractivity contribution in [3.63, 3.8) is 0 Å². The molecule has 0 aromatic heterocycles. The van der Waals surface area contributed by atoms with Crippen LogP contribution in [0, 0.1) is 0 Å². The van der Waals surface area contributed by atoms with E-state index in [0.29, 0.717) is 11.6 Å². The normalized spacial score (nSPS) is 17.1. The summed E-state index contributed by atoms with van der Waals surface area (Å²) in [7, 11) is 1.62. The Morgan fingerprint density at radius 2 is 2.09 bits per heavy atom. The van der Waals surface area contributed by atoms with Gasteiger partial charge in [0.05, 0.1) is 7.11 Å². The fraction of sp³-hybridized carbons (Fsp3) is 0.235. The maximum Gasteiger partial charge on any atom is 0.323 e. The van der Waals surface area contributed by atoms with E-state index in [1.54, 1.807) is 18.9 Å². The van der Waals surface area contributed by atoms with Gasteiger partial charge in [-0.05, 0) is 42.0 Å². The minimum Gasteiger partial charge on any atom is -0.497 e. The molecule has 2 aromatic carbocycles. The number of halogens is 1. The van der Waals surface area contributed by atoms with Crippen LogP contribution in [0.2, 0.25) is 5.02 Å². The second-order valence-corrected chi connectivity index (χ2v) is 6.75. The van der Waals surface area contributed by atoms with Crippen LogP contribution in [-0.2, 0) is 0 Å². The number of nitrogens with one attached hydrogen (secondary N) is 1. The molecule has 0 bridgehead atoms. The molecule has 1 saturated heterocycles. The highest BCUT2D eigenvalue weighted by Crippen LogP contribution is 2.38. The minimum atomic E-state index is -0.106. The number of carbonyl (C=O) groups excluding carboxylic acids is 1. The number of anilines is 1. The molecule has 1 fully saturated rings. The molecule has 23 heavy (non-hydrogen) atoms. The highest BCUT2D eigenvalue weighted by atomic mass is 35.5. The Morgan fingerprint density at radius 3 is 2.78 bits per heavy atom. The zero-order chi connectivity index (χ0) is 16.2. The molecule has 1 N–H and O–H groups in total. The van der Waals surface area contributed by atoms with Crippen molar-refractivity contribution in [1.82, 2.24) is 4.90 Å². The summed E-state index contributed by atoms with van der Waals surface area (Å²) in [5, 5.41) is 3.61. The van der Waals surface area contributed by atoms with E-state index in [0.717, 1.165) is 22.8 Å². The van der Waals surface area contributed by atoms with Crippen LogP contribution in [0.25, 0.3) is 0 Å². The Balaban J connectivity index is 1.72. The number of rotatable bonds is 3. The molecule has 1 aliphatic heterocycles. The van der Waals surface area contributed by atoms with Crippen LogP contribution >= 0.6 is 23.4 Å². The fourth-order valence-electron chi connectivity index (χ4n) is 2.48. The van der Waals surface area contributed by atoms with E-state index in [1.807, 2.05) is 53.4 Å². The van der Waals surface area contributed by atoms with Gasteiger partial charge in [-0.1, -0.05) is 23.7 Å². The van der Waals surface area contributed by atoms with Crippen molar-refractivity contribution in [2.75, 3.05) is 24.7 Å². The molecule has 0 spiro atoms. The Bertz CT molecular complexity index is 693. The lowest BCUT2D eigenvalue weighted by molar-refractivity contribution is 0.214. The van der Waals surface area contributed by atoms with Crippen molar-refractivity contribution >= 4 is 35.1 Å². The Kier molecular flexibility index (Phi) is 4.98. The van der Waals surface area contributed by atoms with E-state index in [-0.39, 0.29) is 11.4 Å². The Morgan fingerprint density at radius 1 is 1.30 bits per heavy atom. The molecule has 120 valence electrons. The maximum absolute atomic E-state index is 12.6. The SMILES string of the molecule is COc1ccc(NC(=O)N2CCS[C@@H]2c2cccc(Cl)c2)cc1. The molecule has 3 rings (SSSR count). The van der Waals surface area contributed by atoms with Crippen LogP contribution < -0.4 is 10.1 Å². The molecule has 2 aromatic rings. The Hall–Kier alpha value is -1.85. The third-order valence-electron chi connectivity index (χ3n) is 3.63. The summed E-state index contributed by atoms with van der Waals surface area (Å²) in [6.45, 7) is 0.712. The van der Waals surface area contributed by atoms with E-state index in [9.17, 15) is 4.79 Å². The number of nitrogens with zero attached hydrogens (tertiary/aromatic N) is 1. The standard InChI is InChI=1S/C17H17ClN2O2S/c1-22-15-7-5-14(6-8-15)19-17(21)20-9-10-23-16(20)12-3-2-4-13(18)11-12/h2-8,11,16H,9-10H2,1H3,(H,19,21)/t16-/m1/s1. The van der Waals surface area contributed by atoms with Gasteiger partial charge in [0.1, 0.15) is 11.1 Å². The van der Waals surface area contributed by atoms with E-state index in [1.165, 1.54) is 0 Å². The van der Waals surface area contributed by atoms with Gasteiger partial charge in [-0.2, -0.15) is 0 Å². The summed E-state index contributed by atoms with van der Waals surface area (Å²) in [4.78, 5) is 14.4. The first-order valence-electron chi connectivity index (χ1n) is 7.26. The monoisotopic (exact) mass is 348 g/mol. The number of urea groups is 1. The van der Waals surface area contributed by atoms with Gasteiger partial charge < -0.3 is 15.0 Å². The highest BCUT2D eigenvalue weighted by Gasteiger charge is 2.30. The predicted octanol–water partition coefficient (Wildman–Crippen LogP) is 4.63. The molecule has 1 atom stereocenters. The van der Waals surface area contributed by atoms with Crippen LogP contribution in [0.5, 0.6) is 5.75 Å². The fourth-order valence-corrected chi connectivity index (χ4v) is 3.93. The first-order valence-corrected chi connectivity index (χ1v) is 8.69. The number of benzene rings is 2. The minimum absolute atomic E-state index is 0.00746. The molecule has 1 aliphatic rings. The molecule has 4 nitrogen and oxygen atoms in total. The van der Waals surface area contributed by atoms with Crippen LogP contribution in [0.1, 0.15) is 10.9 Å². The van der Waals surface area contributed by atoms with Crippen molar-refractivity contribution < 1.29 is 9.53 Å². The summed E-state index contributed by atoms with van der Waals surface area (Å²) < 4.78 is 5.12. The van der Waals surface area contributed by atoms with Crippen LogP contribution in [0.15, 0.2) is 48.5 Å². The molecule has 2 amide bonds. The summed E-state index contributed by atoms with van der Waals surface area (Å²) in [6.07, 6.45) is 0. The van der Waals surface area contributed by atoms with Crippen molar-refractivity contribution in [2.24, 2.45) is 0 Å². The average molecular weight is 349 g/mol. The molecular weight excluding hydrogens is 332 g/mol. The highest BCUT2D eigenvalue weighted by molar-refractivity contribution is 7.99. The van der Waals surface area contributed by atoms with Crippen LogP contribution in [0.4, 0.5) is 10.5 Å². The molecular formula is C17H17ClN2O2S. The number of hydrogen-bond acceptors (Lipinski definition) is 3.